The average Bonchev–Trinajstić information content (AvgIpc) is 2.32. The van der Waals surface area contributed by atoms with E-state index < -0.39 is 0 Å². The zero-order chi connectivity index (χ0) is 13.4. The lowest BCUT2D eigenvalue weighted by Gasteiger charge is -2.21. The normalized spacial score (nSPS) is 10.8. The molecule has 100 valence electrons. The van der Waals surface area contributed by atoms with Crippen molar-refractivity contribution in [3.63, 3.8) is 0 Å². The van der Waals surface area contributed by atoms with Crippen molar-refractivity contribution in [2.75, 3.05) is 26.8 Å². The molecule has 0 atom stereocenters. The van der Waals surface area contributed by atoms with E-state index >= 15 is 0 Å². The van der Waals surface area contributed by atoms with Crippen LogP contribution in [0.4, 0.5) is 0 Å². The largest absolute Gasteiger partial charge is 0.393 e. The lowest BCUT2D eigenvalue weighted by molar-refractivity contribution is 0.146. The Morgan fingerprint density at radius 3 is 2.83 bits per heavy atom. The van der Waals surface area contributed by atoms with Crippen molar-refractivity contribution in [3.05, 3.63) is 29.6 Å². The van der Waals surface area contributed by atoms with E-state index in [0.29, 0.717) is 11.6 Å². The summed E-state index contributed by atoms with van der Waals surface area (Å²) >= 11 is 4.92. The molecular weight excluding hydrogens is 246 g/mol. The second-order valence-electron chi connectivity index (χ2n) is 4.36. The molecule has 1 aromatic rings. The lowest BCUT2D eigenvalue weighted by atomic mass is 10.2. The summed E-state index contributed by atoms with van der Waals surface area (Å²) in [6.07, 6.45) is 4.49. The molecule has 0 bridgehead atoms. The second kappa shape index (κ2) is 8.13. The molecular formula is C13H21N3OS. The maximum atomic E-state index is 5.55. The standard InChI is InChI=1S/C13H21N3OS/c1-11-7-12(9-15-8-11)10-16(5-6-17-2)4-3-13(14)18/h7-9H,3-6,10H2,1-2H3,(H2,14,18). The van der Waals surface area contributed by atoms with Crippen molar-refractivity contribution in [1.82, 2.24) is 9.88 Å². The third-order valence-electron chi connectivity index (χ3n) is 2.62. The Kier molecular flexibility index (Phi) is 6.78. The second-order valence-corrected chi connectivity index (χ2v) is 4.88. The van der Waals surface area contributed by atoms with Crippen molar-refractivity contribution in [2.45, 2.75) is 19.9 Å². The van der Waals surface area contributed by atoms with Gasteiger partial charge < -0.3 is 10.5 Å². The van der Waals surface area contributed by atoms with E-state index in [0.717, 1.165) is 26.1 Å². The summed E-state index contributed by atoms with van der Waals surface area (Å²) in [7, 11) is 1.71. The predicted molar refractivity (Wildman–Crippen MR) is 77.5 cm³/mol. The molecule has 1 aromatic heterocycles. The predicted octanol–water partition coefficient (Wildman–Crippen LogP) is 1.51. The molecule has 2 N–H and O–H groups in total. The van der Waals surface area contributed by atoms with Gasteiger partial charge in [0.15, 0.2) is 0 Å². The van der Waals surface area contributed by atoms with Gasteiger partial charge in [-0.25, -0.2) is 0 Å². The summed E-state index contributed by atoms with van der Waals surface area (Å²) < 4.78 is 5.12. The number of pyridine rings is 1. The number of thiocarbonyl (C=S) groups is 1. The molecule has 0 aliphatic heterocycles. The monoisotopic (exact) mass is 267 g/mol. The molecule has 0 spiro atoms. The number of methoxy groups -OCH3 is 1. The van der Waals surface area contributed by atoms with Crippen LogP contribution in [0, 0.1) is 6.92 Å². The highest BCUT2D eigenvalue weighted by Gasteiger charge is 2.07. The third kappa shape index (κ3) is 6.05. The smallest absolute Gasteiger partial charge is 0.0740 e. The lowest BCUT2D eigenvalue weighted by Crippen LogP contribution is -2.30. The first-order valence-corrected chi connectivity index (χ1v) is 6.42. The number of aryl methyl sites for hydroxylation is 1. The van der Waals surface area contributed by atoms with E-state index in [-0.39, 0.29) is 0 Å². The molecule has 4 nitrogen and oxygen atoms in total. The maximum Gasteiger partial charge on any atom is 0.0740 e. The summed E-state index contributed by atoms with van der Waals surface area (Å²) in [6, 6.07) is 2.15. The summed E-state index contributed by atoms with van der Waals surface area (Å²) in [5.41, 5.74) is 7.93. The Bertz CT molecular complexity index is 384. The number of hydrogen-bond acceptors (Lipinski definition) is 4. The molecule has 0 fully saturated rings. The average molecular weight is 267 g/mol. The Hall–Kier alpha value is -1.04. The minimum Gasteiger partial charge on any atom is -0.393 e. The molecule has 0 aliphatic rings. The van der Waals surface area contributed by atoms with Crippen LogP contribution < -0.4 is 5.73 Å². The van der Waals surface area contributed by atoms with Crippen molar-refractivity contribution < 1.29 is 4.74 Å². The van der Waals surface area contributed by atoms with E-state index in [2.05, 4.69) is 16.0 Å². The van der Waals surface area contributed by atoms with Gasteiger partial charge in [-0.05, 0) is 18.1 Å². The summed E-state index contributed by atoms with van der Waals surface area (Å²) in [6.45, 7) is 5.32. The topological polar surface area (TPSA) is 51.4 Å². The van der Waals surface area contributed by atoms with Gasteiger partial charge in [-0.3, -0.25) is 9.88 Å². The summed E-state index contributed by atoms with van der Waals surface area (Å²) in [5, 5.41) is 0. The van der Waals surface area contributed by atoms with E-state index in [9.17, 15) is 0 Å². The van der Waals surface area contributed by atoms with Crippen molar-refractivity contribution in [3.8, 4) is 0 Å². The van der Waals surface area contributed by atoms with Crippen LogP contribution in [0.2, 0.25) is 0 Å². The Balaban J connectivity index is 2.56. The number of nitrogens with two attached hydrogens (primary N) is 1. The molecule has 5 heteroatoms. The maximum absolute atomic E-state index is 5.55. The Morgan fingerprint density at radius 1 is 1.44 bits per heavy atom. The number of nitrogens with zero attached hydrogens (tertiary/aromatic N) is 2. The minimum atomic E-state index is 0.555. The summed E-state index contributed by atoms with van der Waals surface area (Å²) in [4.78, 5) is 7.04. The van der Waals surface area contributed by atoms with Gasteiger partial charge in [-0.2, -0.15) is 0 Å². The van der Waals surface area contributed by atoms with Gasteiger partial charge in [0.2, 0.25) is 0 Å². The Morgan fingerprint density at radius 2 is 2.22 bits per heavy atom. The molecule has 0 aliphatic carbocycles. The van der Waals surface area contributed by atoms with Crippen LogP contribution in [-0.4, -0.2) is 41.7 Å². The van der Waals surface area contributed by atoms with Crippen LogP contribution in [0.25, 0.3) is 0 Å². The molecule has 0 unspecified atom stereocenters. The van der Waals surface area contributed by atoms with Crippen LogP contribution in [0.15, 0.2) is 18.5 Å². The van der Waals surface area contributed by atoms with E-state index in [1.807, 2.05) is 19.3 Å². The number of hydrogen-bond donors (Lipinski definition) is 1. The van der Waals surface area contributed by atoms with Crippen molar-refractivity contribution in [1.29, 1.82) is 0 Å². The number of aromatic nitrogens is 1. The van der Waals surface area contributed by atoms with Gasteiger partial charge in [-0.15, -0.1) is 0 Å². The zero-order valence-corrected chi connectivity index (χ0v) is 11.9. The van der Waals surface area contributed by atoms with Crippen LogP contribution in [0.5, 0.6) is 0 Å². The zero-order valence-electron chi connectivity index (χ0n) is 11.1. The van der Waals surface area contributed by atoms with Gasteiger partial charge >= 0.3 is 0 Å². The SMILES string of the molecule is COCCN(CCC(N)=S)Cc1cncc(C)c1. The van der Waals surface area contributed by atoms with Crippen LogP contribution in [0.3, 0.4) is 0 Å². The van der Waals surface area contributed by atoms with Gasteiger partial charge in [0.1, 0.15) is 0 Å². The molecule has 0 saturated heterocycles. The molecule has 18 heavy (non-hydrogen) atoms. The molecule has 1 heterocycles. The van der Waals surface area contributed by atoms with Gasteiger partial charge in [-0.1, -0.05) is 18.3 Å². The van der Waals surface area contributed by atoms with Crippen LogP contribution >= 0.6 is 12.2 Å². The molecule has 0 radical (unpaired) electrons. The first-order valence-electron chi connectivity index (χ1n) is 6.02. The minimum absolute atomic E-state index is 0.555. The van der Waals surface area contributed by atoms with Gasteiger partial charge in [0, 0.05) is 45.6 Å². The summed E-state index contributed by atoms with van der Waals surface area (Å²) in [5.74, 6) is 0. The van der Waals surface area contributed by atoms with Gasteiger partial charge in [0.05, 0.1) is 11.6 Å². The Labute approximate surface area is 114 Å². The highest BCUT2D eigenvalue weighted by molar-refractivity contribution is 7.80. The molecule has 0 aromatic carbocycles. The highest BCUT2D eigenvalue weighted by atomic mass is 32.1. The quantitative estimate of drug-likeness (QED) is 0.724. The van der Waals surface area contributed by atoms with E-state index in [4.69, 9.17) is 22.7 Å². The molecule has 1 rings (SSSR count). The van der Waals surface area contributed by atoms with E-state index in [1.54, 1.807) is 7.11 Å². The van der Waals surface area contributed by atoms with Crippen LogP contribution in [0.1, 0.15) is 17.5 Å². The molecule has 0 amide bonds. The first-order chi connectivity index (χ1) is 8.61. The number of rotatable bonds is 8. The highest BCUT2D eigenvalue weighted by Crippen LogP contribution is 2.06. The fraction of sp³-hybridized carbons (Fsp3) is 0.538. The van der Waals surface area contributed by atoms with Crippen LogP contribution in [-0.2, 0) is 11.3 Å². The van der Waals surface area contributed by atoms with Crippen molar-refractivity contribution >= 4 is 17.2 Å². The van der Waals surface area contributed by atoms with Crippen molar-refractivity contribution in [2.24, 2.45) is 5.73 Å². The third-order valence-corrected chi connectivity index (χ3v) is 2.83. The fourth-order valence-corrected chi connectivity index (χ4v) is 1.81. The number of ether oxygens (including phenoxy) is 1. The fourth-order valence-electron chi connectivity index (χ4n) is 1.72. The molecule has 0 saturated carbocycles. The first kappa shape index (κ1) is 15.0. The van der Waals surface area contributed by atoms with E-state index in [1.165, 1.54) is 11.1 Å². The van der Waals surface area contributed by atoms with Gasteiger partial charge in [0.25, 0.3) is 0 Å².